The molecule has 3 rings (SSSR count). The highest BCUT2D eigenvalue weighted by molar-refractivity contribution is 5.80. The van der Waals surface area contributed by atoms with Crippen molar-refractivity contribution in [2.75, 3.05) is 40.4 Å². The second-order valence-corrected chi connectivity index (χ2v) is 9.38. The molecule has 6 heteroatoms. The molecule has 1 heterocycles. The predicted octanol–water partition coefficient (Wildman–Crippen LogP) is 0.317. The number of hydrogen-bond acceptors (Lipinski definition) is 3. The summed E-state index contributed by atoms with van der Waals surface area (Å²) < 4.78 is 10.8. The summed E-state index contributed by atoms with van der Waals surface area (Å²) in [6.45, 7) is 11.9. The molecule has 1 aromatic rings. The van der Waals surface area contributed by atoms with Crippen LogP contribution in [0.1, 0.15) is 45.6 Å². The van der Waals surface area contributed by atoms with Crippen LogP contribution in [-0.2, 0) is 11.3 Å². The smallest absolute Gasteiger partial charge is 0.278 e. The minimum Gasteiger partial charge on any atom is -0.493 e. The Labute approximate surface area is 181 Å². The van der Waals surface area contributed by atoms with E-state index in [1.165, 1.54) is 23.3 Å². The average molecular weight is 420 g/mol. The topological polar surface area (TPSA) is 56.4 Å². The largest absolute Gasteiger partial charge is 0.493 e. The fourth-order valence-electron chi connectivity index (χ4n) is 5.09. The summed E-state index contributed by atoms with van der Waals surface area (Å²) in [5.74, 6) is 3.07. The molecule has 2 aliphatic rings. The van der Waals surface area contributed by atoms with Gasteiger partial charge in [-0.2, -0.15) is 0 Å². The molecule has 0 spiro atoms. The van der Waals surface area contributed by atoms with Crippen molar-refractivity contribution in [3.8, 4) is 11.5 Å². The Bertz CT molecular complexity index is 703. The number of quaternary nitrogens is 2. The molecule has 4 atom stereocenters. The number of piperazine rings is 1. The van der Waals surface area contributed by atoms with Gasteiger partial charge in [0.05, 0.1) is 14.2 Å². The highest BCUT2D eigenvalue weighted by Crippen LogP contribution is 2.29. The maximum absolute atomic E-state index is 12.9. The summed E-state index contributed by atoms with van der Waals surface area (Å²) in [4.78, 5) is 15.9. The highest BCUT2D eigenvalue weighted by atomic mass is 16.5. The molecule has 1 saturated heterocycles. The fraction of sp³-hybridized carbons (Fsp3) is 0.708. The van der Waals surface area contributed by atoms with Gasteiger partial charge in [-0.3, -0.25) is 4.79 Å². The molecule has 1 aliphatic heterocycles. The molecule has 168 valence electrons. The first-order chi connectivity index (χ1) is 14.4. The maximum Gasteiger partial charge on any atom is 0.278 e. The first-order valence-electron chi connectivity index (χ1n) is 11.6. The van der Waals surface area contributed by atoms with Gasteiger partial charge in [0.1, 0.15) is 32.7 Å². The highest BCUT2D eigenvalue weighted by Gasteiger charge is 2.34. The number of amides is 1. The van der Waals surface area contributed by atoms with Crippen molar-refractivity contribution in [2.24, 2.45) is 11.8 Å². The molecule has 0 aromatic heterocycles. The van der Waals surface area contributed by atoms with Crippen molar-refractivity contribution in [1.29, 1.82) is 0 Å². The van der Waals surface area contributed by atoms with Gasteiger partial charge in [0.15, 0.2) is 17.5 Å². The van der Waals surface area contributed by atoms with E-state index in [1.807, 2.05) is 6.07 Å². The van der Waals surface area contributed by atoms with Gasteiger partial charge >= 0.3 is 0 Å². The van der Waals surface area contributed by atoms with E-state index < -0.39 is 0 Å². The molecule has 0 bridgehead atoms. The van der Waals surface area contributed by atoms with E-state index in [0.717, 1.165) is 50.6 Å². The zero-order valence-corrected chi connectivity index (χ0v) is 19.4. The average Bonchev–Trinajstić information content (AvgIpc) is 2.76. The lowest BCUT2D eigenvalue weighted by atomic mass is 9.78. The molecular formula is C24H41N3O3+2. The van der Waals surface area contributed by atoms with Crippen LogP contribution in [0.5, 0.6) is 11.5 Å². The number of ether oxygens (including phenoxy) is 2. The van der Waals surface area contributed by atoms with Gasteiger partial charge in [0, 0.05) is 11.6 Å². The number of nitrogens with one attached hydrogen (secondary N) is 3. The van der Waals surface area contributed by atoms with Crippen LogP contribution in [0, 0.1) is 11.8 Å². The molecule has 1 saturated carbocycles. The van der Waals surface area contributed by atoms with E-state index in [1.54, 1.807) is 19.1 Å². The summed E-state index contributed by atoms with van der Waals surface area (Å²) in [7, 11) is 3.34. The van der Waals surface area contributed by atoms with Crippen LogP contribution in [0.2, 0.25) is 0 Å². The van der Waals surface area contributed by atoms with Crippen molar-refractivity contribution >= 4 is 5.91 Å². The van der Waals surface area contributed by atoms with Crippen molar-refractivity contribution in [2.45, 2.75) is 58.7 Å². The Morgan fingerprint density at radius 1 is 1.10 bits per heavy atom. The predicted molar refractivity (Wildman–Crippen MR) is 118 cm³/mol. The van der Waals surface area contributed by atoms with Crippen molar-refractivity contribution in [1.82, 2.24) is 5.32 Å². The van der Waals surface area contributed by atoms with Crippen LogP contribution in [0.25, 0.3) is 0 Å². The molecule has 1 aliphatic carbocycles. The molecule has 1 amide bonds. The maximum atomic E-state index is 12.9. The van der Waals surface area contributed by atoms with E-state index in [0.29, 0.717) is 17.9 Å². The third kappa shape index (κ3) is 5.46. The van der Waals surface area contributed by atoms with Crippen LogP contribution in [0.3, 0.4) is 0 Å². The number of methoxy groups -OCH3 is 2. The Balaban J connectivity index is 1.48. The molecule has 30 heavy (non-hydrogen) atoms. The zero-order valence-electron chi connectivity index (χ0n) is 19.4. The molecule has 0 radical (unpaired) electrons. The number of carbonyl (C=O) groups excluding carboxylic acids is 1. The van der Waals surface area contributed by atoms with Gasteiger partial charge in [0.25, 0.3) is 5.91 Å². The lowest BCUT2D eigenvalue weighted by Gasteiger charge is -2.37. The van der Waals surface area contributed by atoms with E-state index in [9.17, 15) is 4.79 Å². The number of rotatable bonds is 7. The minimum absolute atomic E-state index is 0.0251. The Hall–Kier alpha value is -1.79. The summed E-state index contributed by atoms with van der Waals surface area (Å²) in [6.07, 6.45) is 3.65. The molecule has 0 unspecified atom stereocenters. The van der Waals surface area contributed by atoms with Crippen LogP contribution < -0.4 is 24.6 Å². The fourth-order valence-corrected chi connectivity index (χ4v) is 5.09. The molecule has 6 nitrogen and oxygen atoms in total. The standard InChI is InChI=1S/C24H39N3O3/c1-17-7-6-8-21(18(17)2)25-24(28)19(3)27-13-11-26(12-14-27)16-20-9-10-22(29-4)23(15-20)30-5/h9-10,15,17-19,21H,6-8,11-14,16H2,1-5H3,(H,25,28)/p+2/t17-,18+,19+,21-/m0/s1. The third-order valence-corrected chi connectivity index (χ3v) is 7.54. The summed E-state index contributed by atoms with van der Waals surface area (Å²) in [6, 6.07) is 6.55. The second-order valence-electron chi connectivity index (χ2n) is 9.38. The number of carbonyl (C=O) groups is 1. The second kappa shape index (κ2) is 10.5. The summed E-state index contributed by atoms with van der Waals surface area (Å²) >= 11 is 0. The quantitative estimate of drug-likeness (QED) is 0.597. The van der Waals surface area contributed by atoms with Crippen molar-refractivity contribution in [3.63, 3.8) is 0 Å². The SMILES string of the molecule is COc1ccc(C[NH+]2CC[NH+]([C@H](C)C(=O)N[C@H]3CCC[C@H](C)[C@H]3C)CC2)cc1OC. The van der Waals surface area contributed by atoms with Crippen LogP contribution in [0.15, 0.2) is 18.2 Å². The molecule has 1 aromatic carbocycles. The molecular weight excluding hydrogens is 378 g/mol. The van der Waals surface area contributed by atoms with E-state index in [-0.39, 0.29) is 11.9 Å². The third-order valence-electron chi connectivity index (χ3n) is 7.54. The van der Waals surface area contributed by atoms with E-state index in [2.05, 4.69) is 38.2 Å². The monoisotopic (exact) mass is 419 g/mol. The van der Waals surface area contributed by atoms with E-state index in [4.69, 9.17) is 9.47 Å². The van der Waals surface area contributed by atoms with Crippen LogP contribution >= 0.6 is 0 Å². The lowest BCUT2D eigenvalue weighted by molar-refractivity contribution is -1.02. The molecule has 2 fully saturated rings. The molecule has 3 N–H and O–H groups in total. The van der Waals surface area contributed by atoms with Gasteiger partial charge in [0.2, 0.25) is 0 Å². The van der Waals surface area contributed by atoms with Crippen LogP contribution in [0.4, 0.5) is 0 Å². The van der Waals surface area contributed by atoms with Gasteiger partial charge < -0.3 is 24.6 Å². The van der Waals surface area contributed by atoms with Gasteiger partial charge in [-0.15, -0.1) is 0 Å². The first-order valence-corrected chi connectivity index (χ1v) is 11.6. The normalized spacial score (nSPS) is 30.4. The Kier molecular flexibility index (Phi) is 8.00. The Morgan fingerprint density at radius 3 is 2.47 bits per heavy atom. The van der Waals surface area contributed by atoms with Crippen molar-refractivity contribution in [3.05, 3.63) is 23.8 Å². The van der Waals surface area contributed by atoms with Gasteiger partial charge in [-0.1, -0.05) is 26.7 Å². The summed E-state index contributed by atoms with van der Waals surface area (Å²) in [5, 5.41) is 3.38. The van der Waals surface area contributed by atoms with Gasteiger partial charge in [-0.05, 0) is 43.4 Å². The van der Waals surface area contributed by atoms with E-state index >= 15 is 0 Å². The summed E-state index contributed by atoms with van der Waals surface area (Å²) in [5.41, 5.74) is 1.26. The minimum atomic E-state index is 0.0251. The van der Waals surface area contributed by atoms with Crippen molar-refractivity contribution < 1.29 is 24.1 Å². The van der Waals surface area contributed by atoms with Gasteiger partial charge in [-0.25, -0.2) is 0 Å². The number of benzene rings is 1. The Morgan fingerprint density at radius 2 is 1.80 bits per heavy atom. The lowest BCUT2D eigenvalue weighted by Crippen LogP contribution is -3.29. The number of hydrogen-bond donors (Lipinski definition) is 3. The van der Waals surface area contributed by atoms with Crippen LogP contribution in [-0.4, -0.2) is 58.4 Å². The zero-order chi connectivity index (χ0) is 21.7. The first kappa shape index (κ1) is 22.9.